The van der Waals surface area contributed by atoms with Crippen molar-refractivity contribution in [3.05, 3.63) is 0 Å². The highest BCUT2D eigenvalue weighted by Crippen LogP contribution is 2.04. The lowest BCUT2D eigenvalue weighted by molar-refractivity contribution is -0.136. The van der Waals surface area contributed by atoms with Crippen LogP contribution in [0.4, 0.5) is 0 Å². The first-order valence-electron chi connectivity index (χ1n) is 14.1. The number of hydrogen-bond acceptors (Lipinski definition) is 8. The summed E-state index contributed by atoms with van der Waals surface area (Å²) < 4.78 is 0. The van der Waals surface area contributed by atoms with Gasteiger partial charge in [0.05, 0.1) is 19.6 Å². The van der Waals surface area contributed by atoms with Gasteiger partial charge in [0.2, 0.25) is 29.5 Å². The number of amides is 5. The normalized spacial score (nSPS) is 9.66. The van der Waals surface area contributed by atoms with E-state index in [1.807, 2.05) is 20.8 Å². The number of rotatable bonds is 13. The molecular weight excluding hydrogens is 534 g/mol. The second-order valence-corrected chi connectivity index (χ2v) is 8.76. The molecule has 0 fully saturated rings. The Bertz CT molecular complexity index is 687. The predicted octanol–water partition coefficient (Wildman–Crippen LogP) is 0.239. The van der Waals surface area contributed by atoms with E-state index < -0.39 is 29.7 Å². The molecule has 0 aliphatic heterocycles. The summed E-state index contributed by atoms with van der Waals surface area (Å²) in [7, 11) is 0. The highest BCUT2D eigenvalue weighted by Gasteiger charge is 2.22. The number of nitrogens with one attached hydrogen (secondary N) is 5. The Balaban J connectivity index is -0.000000236. The summed E-state index contributed by atoms with van der Waals surface area (Å²) in [5.41, 5.74) is 9.88. The molecule has 10 N–H and O–H groups in total. The molecule has 1 unspecified atom stereocenters. The van der Waals surface area contributed by atoms with Crippen LogP contribution < -0.4 is 38.1 Å². The average Bonchev–Trinajstić information content (AvgIpc) is 2.90. The lowest BCUT2D eigenvalue weighted by Crippen LogP contribution is -2.51. The van der Waals surface area contributed by atoms with E-state index >= 15 is 0 Å². The minimum atomic E-state index is -0.816. The van der Waals surface area contributed by atoms with Gasteiger partial charge in [-0.05, 0) is 38.8 Å². The average molecular weight is 594 g/mol. The molecule has 0 radical (unpaired) electrons. The molecule has 14 heteroatoms. The van der Waals surface area contributed by atoms with Crippen LogP contribution in [0.1, 0.15) is 88.0 Å². The molecule has 0 aromatic rings. The van der Waals surface area contributed by atoms with Gasteiger partial charge < -0.3 is 43.2 Å². The number of carbonyl (C=O) groups excluding carboxylic acids is 5. The van der Waals surface area contributed by atoms with Gasteiger partial charge in [0.15, 0.2) is 0 Å². The van der Waals surface area contributed by atoms with Crippen molar-refractivity contribution in [1.82, 2.24) is 26.6 Å². The van der Waals surface area contributed by atoms with Crippen LogP contribution in [0.5, 0.6) is 0 Å². The smallest absolute Gasteiger partial charge is 0.303 e. The second kappa shape index (κ2) is 36.7. The van der Waals surface area contributed by atoms with Gasteiger partial charge in [-0.3, -0.25) is 28.8 Å². The fourth-order valence-corrected chi connectivity index (χ4v) is 1.94. The maximum absolute atomic E-state index is 12.2. The molecule has 0 aromatic carbocycles. The first kappa shape index (κ1) is 47.5. The maximum atomic E-state index is 12.2. The van der Waals surface area contributed by atoms with Crippen LogP contribution in [-0.2, 0) is 28.8 Å². The van der Waals surface area contributed by atoms with E-state index in [1.54, 1.807) is 13.8 Å². The van der Waals surface area contributed by atoms with E-state index in [0.29, 0.717) is 13.0 Å². The van der Waals surface area contributed by atoms with Crippen molar-refractivity contribution in [2.24, 2.45) is 17.4 Å². The number of carboxylic acids is 1. The molecule has 0 aliphatic carbocycles. The van der Waals surface area contributed by atoms with Gasteiger partial charge in [-0.15, -0.1) is 0 Å². The first-order valence-corrected chi connectivity index (χ1v) is 14.1. The summed E-state index contributed by atoms with van der Waals surface area (Å²) in [6, 6.07) is -0.816. The summed E-state index contributed by atoms with van der Waals surface area (Å²) in [5, 5.41) is 19.9. The molecular formula is C27H59N7O7. The van der Waals surface area contributed by atoms with Crippen molar-refractivity contribution in [2.45, 2.75) is 94.0 Å². The zero-order valence-corrected chi connectivity index (χ0v) is 26.8. The third-order valence-electron chi connectivity index (χ3n) is 3.69. The van der Waals surface area contributed by atoms with Crippen molar-refractivity contribution in [3.8, 4) is 0 Å². The van der Waals surface area contributed by atoms with Crippen LogP contribution >= 0.6 is 0 Å². The Hall–Kier alpha value is -3.26. The predicted molar refractivity (Wildman–Crippen MR) is 163 cm³/mol. The summed E-state index contributed by atoms with van der Waals surface area (Å²) >= 11 is 0. The van der Waals surface area contributed by atoms with Crippen LogP contribution in [0.25, 0.3) is 0 Å². The number of carbonyl (C=O) groups is 6. The lowest BCUT2D eigenvalue weighted by Gasteiger charge is -2.20. The van der Waals surface area contributed by atoms with Gasteiger partial charge in [0, 0.05) is 19.9 Å². The van der Waals surface area contributed by atoms with Gasteiger partial charge in [-0.25, -0.2) is 0 Å². The van der Waals surface area contributed by atoms with Crippen molar-refractivity contribution in [2.75, 3.05) is 39.3 Å². The zero-order chi connectivity index (χ0) is 33.2. The monoisotopic (exact) mass is 593 g/mol. The van der Waals surface area contributed by atoms with Gasteiger partial charge >= 0.3 is 5.97 Å². The SMILES string of the molecule is CCC.CCC(=O)O.CCCN.CCN.CCNC(=O)CNC(=O)C(CC(C)C)NC(=O)CNC(=O)CNC(C)=O. The fourth-order valence-electron chi connectivity index (χ4n) is 1.94. The standard InChI is InChI=1S/C16H29N5O5.C3H9N.C3H6O2.C3H8.C2H7N/c1-5-17-13(23)8-20-16(26)12(6-10(2)3)21-15(25)9-19-14(24)7-18-11(4)22;1-2-3-4;1-2-3(4)5;1-3-2;1-2-3/h10,12H,5-9H2,1-4H3,(H,17,23)(H,18,22)(H,19,24)(H,20,26)(H,21,25);2-4H2,1H3;2H2,1H3,(H,4,5);3H2,1-2H3;2-3H2,1H3. The highest BCUT2D eigenvalue weighted by molar-refractivity contribution is 5.92. The van der Waals surface area contributed by atoms with E-state index in [4.69, 9.17) is 16.6 Å². The van der Waals surface area contributed by atoms with E-state index in [9.17, 15) is 28.8 Å². The Morgan fingerprint density at radius 1 is 0.732 bits per heavy atom. The number of likely N-dealkylation sites (N-methyl/N-ethyl adjacent to an activating group) is 1. The third-order valence-corrected chi connectivity index (χ3v) is 3.69. The van der Waals surface area contributed by atoms with E-state index in [0.717, 1.165) is 19.5 Å². The molecule has 0 saturated heterocycles. The molecule has 41 heavy (non-hydrogen) atoms. The fraction of sp³-hybridized carbons (Fsp3) is 0.778. The molecule has 0 aliphatic rings. The molecule has 14 nitrogen and oxygen atoms in total. The number of carboxylic acid groups (broad SMARTS) is 1. The molecule has 0 bridgehead atoms. The third kappa shape index (κ3) is 50.1. The molecule has 0 heterocycles. The second-order valence-electron chi connectivity index (χ2n) is 8.76. The minimum Gasteiger partial charge on any atom is -0.481 e. The van der Waals surface area contributed by atoms with Crippen molar-refractivity contribution < 1.29 is 33.9 Å². The molecule has 244 valence electrons. The van der Waals surface area contributed by atoms with Crippen LogP contribution in [0.15, 0.2) is 0 Å². The summed E-state index contributed by atoms with van der Waals surface area (Å²) in [4.78, 5) is 67.1. The minimum absolute atomic E-state index is 0.130. The van der Waals surface area contributed by atoms with Gasteiger partial charge in [0.25, 0.3) is 0 Å². The van der Waals surface area contributed by atoms with E-state index in [2.05, 4.69) is 47.4 Å². The Kier molecular flexibility index (Phi) is 42.6. The van der Waals surface area contributed by atoms with Crippen LogP contribution in [0.2, 0.25) is 0 Å². The van der Waals surface area contributed by atoms with Gasteiger partial charge in [-0.1, -0.05) is 54.9 Å². The van der Waals surface area contributed by atoms with Crippen LogP contribution in [-0.4, -0.2) is 85.9 Å². The first-order chi connectivity index (χ1) is 19.2. The Labute approximate surface area is 246 Å². The zero-order valence-electron chi connectivity index (χ0n) is 26.8. The van der Waals surface area contributed by atoms with Gasteiger partial charge in [0.1, 0.15) is 6.04 Å². The van der Waals surface area contributed by atoms with Crippen molar-refractivity contribution >= 4 is 35.5 Å². The summed E-state index contributed by atoms with van der Waals surface area (Å²) in [6.45, 7) is 17.9. The van der Waals surface area contributed by atoms with E-state index in [-0.39, 0.29) is 43.8 Å². The molecule has 0 aromatic heterocycles. The quantitative estimate of drug-likeness (QED) is 0.146. The summed E-state index contributed by atoms with van der Waals surface area (Å²) in [5.74, 6) is -2.82. The number of nitrogens with two attached hydrogens (primary N) is 2. The lowest BCUT2D eigenvalue weighted by atomic mass is 10.0. The Morgan fingerprint density at radius 3 is 1.46 bits per heavy atom. The number of hydrogen-bond donors (Lipinski definition) is 8. The molecule has 1 atom stereocenters. The van der Waals surface area contributed by atoms with Crippen molar-refractivity contribution in [1.29, 1.82) is 0 Å². The van der Waals surface area contributed by atoms with Crippen LogP contribution in [0.3, 0.4) is 0 Å². The molecule has 5 amide bonds. The van der Waals surface area contributed by atoms with Crippen molar-refractivity contribution in [3.63, 3.8) is 0 Å². The molecule has 0 spiro atoms. The van der Waals surface area contributed by atoms with Gasteiger partial charge in [-0.2, -0.15) is 0 Å². The summed E-state index contributed by atoms with van der Waals surface area (Å²) in [6.07, 6.45) is 2.95. The largest absolute Gasteiger partial charge is 0.481 e. The van der Waals surface area contributed by atoms with E-state index in [1.165, 1.54) is 13.3 Å². The molecule has 0 rings (SSSR count). The molecule has 0 saturated carbocycles. The maximum Gasteiger partial charge on any atom is 0.303 e. The highest BCUT2D eigenvalue weighted by atomic mass is 16.4. The topological polar surface area (TPSA) is 235 Å². The van der Waals surface area contributed by atoms with Crippen LogP contribution in [0, 0.1) is 5.92 Å². The number of aliphatic carboxylic acids is 1. The Morgan fingerprint density at radius 2 is 1.12 bits per heavy atom.